The van der Waals surface area contributed by atoms with E-state index in [2.05, 4.69) is 21.9 Å². The van der Waals surface area contributed by atoms with Crippen molar-refractivity contribution in [1.29, 1.82) is 0 Å². The first kappa shape index (κ1) is 12.7. The van der Waals surface area contributed by atoms with Gasteiger partial charge in [-0.1, -0.05) is 0 Å². The first-order chi connectivity index (χ1) is 9.22. The number of likely N-dealkylation sites (tertiary alicyclic amines) is 1. The molecule has 2 aliphatic rings. The number of ether oxygens (including phenoxy) is 1. The molecule has 1 saturated carbocycles. The van der Waals surface area contributed by atoms with E-state index < -0.39 is 0 Å². The third kappa shape index (κ3) is 3.15. The van der Waals surface area contributed by atoms with Crippen molar-refractivity contribution in [3.8, 4) is 5.88 Å². The number of hydrogen-bond donors (Lipinski definition) is 1. The lowest BCUT2D eigenvalue weighted by Crippen LogP contribution is -2.26. The van der Waals surface area contributed by atoms with Crippen molar-refractivity contribution in [1.82, 2.24) is 14.9 Å². The zero-order valence-electron chi connectivity index (χ0n) is 11.5. The Balaban J connectivity index is 1.54. The Hall–Kier alpha value is -1.36. The van der Waals surface area contributed by atoms with Gasteiger partial charge in [0.1, 0.15) is 11.6 Å². The van der Waals surface area contributed by atoms with E-state index in [1.165, 1.54) is 32.2 Å². The Morgan fingerprint density at radius 1 is 1.37 bits per heavy atom. The predicted octanol–water partition coefficient (Wildman–Crippen LogP) is 1.80. The van der Waals surface area contributed by atoms with Crippen LogP contribution in [0.25, 0.3) is 0 Å². The molecular weight excluding hydrogens is 240 g/mol. The minimum absolute atomic E-state index is 0.506. The summed E-state index contributed by atoms with van der Waals surface area (Å²) in [6.07, 6.45) is 5.98. The summed E-state index contributed by atoms with van der Waals surface area (Å²) >= 11 is 0. The summed E-state index contributed by atoms with van der Waals surface area (Å²) in [5.41, 5.74) is 5.80. The lowest BCUT2D eigenvalue weighted by molar-refractivity contribution is 0.228. The Morgan fingerprint density at radius 2 is 2.21 bits per heavy atom. The number of nitrogen functional groups attached to an aromatic ring is 1. The van der Waals surface area contributed by atoms with Crippen molar-refractivity contribution in [2.75, 3.05) is 25.9 Å². The molecule has 3 rings (SSSR count). The number of nitrogens with zero attached hydrogens (tertiary/aromatic N) is 3. The second kappa shape index (κ2) is 5.33. The Labute approximate surface area is 114 Å². The molecule has 2 fully saturated rings. The topological polar surface area (TPSA) is 64.3 Å². The molecule has 0 amide bonds. The number of hydrogen-bond acceptors (Lipinski definition) is 5. The van der Waals surface area contributed by atoms with Crippen LogP contribution in [0.15, 0.2) is 6.07 Å². The van der Waals surface area contributed by atoms with Gasteiger partial charge in [0.15, 0.2) is 0 Å². The van der Waals surface area contributed by atoms with Gasteiger partial charge in [-0.3, -0.25) is 0 Å². The van der Waals surface area contributed by atoms with Crippen molar-refractivity contribution in [2.45, 2.75) is 44.1 Å². The zero-order chi connectivity index (χ0) is 13.2. The molecule has 0 bridgehead atoms. The maximum Gasteiger partial charge on any atom is 0.218 e. The van der Waals surface area contributed by atoms with Gasteiger partial charge >= 0.3 is 0 Å². The van der Waals surface area contributed by atoms with E-state index in [-0.39, 0.29) is 0 Å². The Kier molecular flexibility index (Phi) is 3.55. The highest BCUT2D eigenvalue weighted by atomic mass is 16.5. The van der Waals surface area contributed by atoms with Crippen molar-refractivity contribution in [2.24, 2.45) is 0 Å². The fraction of sp³-hybridized carbons (Fsp3) is 0.714. The van der Waals surface area contributed by atoms with Crippen LogP contribution in [0.5, 0.6) is 5.88 Å². The smallest absolute Gasteiger partial charge is 0.218 e. The van der Waals surface area contributed by atoms with Crippen LogP contribution >= 0.6 is 0 Å². The van der Waals surface area contributed by atoms with Gasteiger partial charge in [-0.25, -0.2) is 4.98 Å². The lowest BCUT2D eigenvalue weighted by Gasteiger charge is -2.19. The molecule has 0 aromatic carbocycles. The van der Waals surface area contributed by atoms with Gasteiger partial charge in [-0.05, 0) is 45.7 Å². The molecule has 1 aromatic heterocycles. The van der Waals surface area contributed by atoms with Crippen LogP contribution in [-0.2, 0) is 0 Å². The number of aromatic nitrogens is 2. The van der Waals surface area contributed by atoms with E-state index >= 15 is 0 Å². The quantitative estimate of drug-likeness (QED) is 0.876. The van der Waals surface area contributed by atoms with Gasteiger partial charge in [0, 0.05) is 18.0 Å². The molecule has 1 unspecified atom stereocenters. The largest absolute Gasteiger partial charge is 0.477 e. The van der Waals surface area contributed by atoms with E-state index in [0.29, 0.717) is 30.3 Å². The average Bonchev–Trinajstić information content (AvgIpc) is 3.14. The van der Waals surface area contributed by atoms with Gasteiger partial charge in [0.2, 0.25) is 5.88 Å². The van der Waals surface area contributed by atoms with Crippen molar-refractivity contribution >= 4 is 5.82 Å². The molecule has 2 heterocycles. The average molecular weight is 262 g/mol. The second-order valence-electron chi connectivity index (χ2n) is 5.68. The zero-order valence-corrected chi connectivity index (χ0v) is 11.5. The van der Waals surface area contributed by atoms with Crippen LogP contribution < -0.4 is 10.5 Å². The van der Waals surface area contributed by atoms with E-state index in [1.54, 1.807) is 6.07 Å². The van der Waals surface area contributed by atoms with E-state index in [1.807, 2.05) is 0 Å². The van der Waals surface area contributed by atoms with Gasteiger partial charge in [0.25, 0.3) is 0 Å². The minimum Gasteiger partial charge on any atom is -0.477 e. The first-order valence-corrected chi connectivity index (χ1v) is 7.20. The Bertz CT molecular complexity index is 447. The summed E-state index contributed by atoms with van der Waals surface area (Å²) in [5, 5.41) is 0. The van der Waals surface area contributed by atoms with Crippen LogP contribution in [0.1, 0.15) is 43.8 Å². The van der Waals surface area contributed by atoms with Crippen molar-refractivity contribution in [3.63, 3.8) is 0 Å². The number of nitrogens with two attached hydrogens (primary N) is 1. The molecule has 1 atom stereocenters. The SMILES string of the molecule is CN1CCCC1CCOc1cc(N)nc(C2CC2)n1. The summed E-state index contributed by atoms with van der Waals surface area (Å²) in [6.45, 7) is 1.91. The van der Waals surface area contributed by atoms with E-state index in [4.69, 9.17) is 10.5 Å². The van der Waals surface area contributed by atoms with Crippen molar-refractivity contribution in [3.05, 3.63) is 11.9 Å². The number of anilines is 1. The first-order valence-electron chi connectivity index (χ1n) is 7.20. The van der Waals surface area contributed by atoms with E-state index in [9.17, 15) is 0 Å². The Morgan fingerprint density at radius 3 is 2.89 bits per heavy atom. The van der Waals surface area contributed by atoms with Gasteiger partial charge < -0.3 is 15.4 Å². The summed E-state index contributed by atoms with van der Waals surface area (Å²) in [6, 6.07) is 2.38. The van der Waals surface area contributed by atoms with Gasteiger partial charge in [0.05, 0.1) is 6.61 Å². The molecule has 0 spiro atoms. The summed E-state index contributed by atoms with van der Waals surface area (Å²) in [5.74, 6) is 2.51. The third-order valence-electron chi connectivity index (χ3n) is 4.05. The highest BCUT2D eigenvalue weighted by Gasteiger charge is 2.27. The summed E-state index contributed by atoms with van der Waals surface area (Å²) < 4.78 is 5.76. The van der Waals surface area contributed by atoms with Gasteiger partial charge in [-0.15, -0.1) is 0 Å². The third-order valence-corrected chi connectivity index (χ3v) is 4.05. The molecule has 1 aliphatic heterocycles. The minimum atomic E-state index is 0.506. The van der Waals surface area contributed by atoms with Crippen LogP contribution in [-0.4, -0.2) is 41.1 Å². The maximum atomic E-state index is 5.80. The molecule has 1 saturated heterocycles. The van der Waals surface area contributed by atoms with Crippen LogP contribution in [0.4, 0.5) is 5.82 Å². The highest BCUT2D eigenvalue weighted by molar-refractivity contribution is 5.34. The molecule has 19 heavy (non-hydrogen) atoms. The number of rotatable bonds is 5. The monoisotopic (exact) mass is 262 g/mol. The van der Waals surface area contributed by atoms with Gasteiger partial charge in [-0.2, -0.15) is 4.98 Å². The molecule has 5 nitrogen and oxygen atoms in total. The normalized spacial score (nSPS) is 23.7. The van der Waals surface area contributed by atoms with Crippen molar-refractivity contribution < 1.29 is 4.74 Å². The second-order valence-corrected chi connectivity index (χ2v) is 5.68. The van der Waals surface area contributed by atoms with E-state index in [0.717, 1.165) is 12.2 Å². The fourth-order valence-electron chi connectivity index (χ4n) is 2.70. The highest BCUT2D eigenvalue weighted by Crippen LogP contribution is 2.38. The van der Waals surface area contributed by atoms with Crippen LogP contribution in [0, 0.1) is 0 Å². The van der Waals surface area contributed by atoms with Crippen LogP contribution in [0.2, 0.25) is 0 Å². The standard InChI is InChI=1S/C14H22N4O/c1-18-7-2-3-11(18)6-8-19-13-9-12(15)16-14(17-13)10-4-5-10/h9-11H,2-8H2,1H3,(H2,15,16,17). The molecule has 1 aliphatic carbocycles. The molecule has 104 valence electrons. The molecule has 5 heteroatoms. The maximum absolute atomic E-state index is 5.80. The molecule has 1 aromatic rings. The fourth-order valence-corrected chi connectivity index (χ4v) is 2.70. The predicted molar refractivity (Wildman–Crippen MR) is 74.2 cm³/mol. The molecular formula is C14H22N4O. The summed E-state index contributed by atoms with van der Waals surface area (Å²) in [7, 11) is 2.19. The molecule has 2 N–H and O–H groups in total. The molecule has 0 radical (unpaired) electrons. The summed E-state index contributed by atoms with van der Waals surface area (Å²) in [4.78, 5) is 11.1. The van der Waals surface area contributed by atoms with Crippen LogP contribution in [0.3, 0.4) is 0 Å². The lowest BCUT2D eigenvalue weighted by atomic mass is 10.1.